The third kappa shape index (κ3) is 2.71. The average Bonchev–Trinajstić information content (AvgIpc) is 2.59. The summed E-state index contributed by atoms with van der Waals surface area (Å²) in [4.78, 5) is 4.25. The number of hydrogen-bond donors (Lipinski definition) is 1. The van der Waals surface area contributed by atoms with Crippen molar-refractivity contribution in [3.63, 3.8) is 0 Å². The highest BCUT2D eigenvalue weighted by Gasteiger charge is 2.39. The van der Waals surface area contributed by atoms with E-state index in [2.05, 4.69) is 37.2 Å². The first-order chi connectivity index (χ1) is 7.83. The number of aromatic nitrogens is 2. The van der Waals surface area contributed by atoms with Crippen molar-refractivity contribution in [3.05, 3.63) is 18.2 Å². The van der Waals surface area contributed by atoms with Gasteiger partial charge in [-0.25, -0.2) is 4.98 Å². The van der Waals surface area contributed by atoms with Crippen molar-refractivity contribution < 1.29 is 0 Å². The van der Waals surface area contributed by atoms with E-state index in [0.29, 0.717) is 23.4 Å². The van der Waals surface area contributed by atoms with E-state index in [4.69, 9.17) is 5.73 Å². The third-order valence-electron chi connectivity index (χ3n) is 3.88. The molecule has 1 aliphatic rings. The van der Waals surface area contributed by atoms with Gasteiger partial charge in [0.05, 0.1) is 12.0 Å². The van der Waals surface area contributed by atoms with Crippen LogP contribution in [0.1, 0.15) is 58.7 Å². The molecule has 1 heterocycles. The maximum Gasteiger partial charge on any atom is 0.0951 e. The summed E-state index contributed by atoms with van der Waals surface area (Å²) >= 11 is 0. The van der Waals surface area contributed by atoms with Gasteiger partial charge in [-0.3, -0.25) is 0 Å². The molecular formula is C14H25N3. The van der Waals surface area contributed by atoms with Gasteiger partial charge in [-0.05, 0) is 30.1 Å². The van der Waals surface area contributed by atoms with Crippen molar-refractivity contribution in [2.45, 2.75) is 59.5 Å². The molecule has 0 aromatic carbocycles. The van der Waals surface area contributed by atoms with Crippen LogP contribution in [0.5, 0.6) is 0 Å². The highest BCUT2D eigenvalue weighted by Crippen LogP contribution is 2.50. The van der Waals surface area contributed by atoms with Gasteiger partial charge in [-0.15, -0.1) is 0 Å². The molecule has 0 unspecified atom stereocenters. The minimum Gasteiger partial charge on any atom is -0.330 e. The Balaban J connectivity index is 2.27. The number of hydrogen-bond acceptors (Lipinski definition) is 2. The van der Waals surface area contributed by atoms with Crippen LogP contribution in [0.3, 0.4) is 0 Å². The second-order valence-corrected chi connectivity index (χ2v) is 7.06. The molecule has 0 saturated heterocycles. The first-order valence-electron chi connectivity index (χ1n) is 6.54. The van der Waals surface area contributed by atoms with E-state index in [-0.39, 0.29) is 0 Å². The number of nitrogens with zero attached hydrogens (tertiary/aromatic N) is 2. The van der Waals surface area contributed by atoms with Crippen molar-refractivity contribution in [2.24, 2.45) is 16.6 Å². The number of nitrogens with two attached hydrogens (primary N) is 1. The SMILES string of the molecule is CC1(C)CC(n2cncc2CN)CC(C)(C)C1. The zero-order valence-corrected chi connectivity index (χ0v) is 11.5. The molecule has 1 aromatic heterocycles. The predicted molar refractivity (Wildman–Crippen MR) is 70.6 cm³/mol. The summed E-state index contributed by atoms with van der Waals surface area (Å²) in [7, 11) is 0. The van der Waals surface area contributed by atoms with Gasteiger partial charge < -0.3 is 10.3 Å². The summed E-state index contributed by atoms with van der Waals surface area (Å²) < 4.78 is 2.29. The van der Waals surface area contributed by atoms with E-state index >= 15 is 0 Å². The predicted octanol–water partition coefficient (Wildman–Crippen LogP) is 3.12. The lowest BCUT2D eigenvalue weighted by atomic mass is 9.63. The van der Waals surface area contributed by atoms with E-state index in [1.165, 1.54) is 19.3 Å². The van der Waals surface area contributed by atoms with Gasteiger partial charge in [0.25, 0.3) is 0 Å². The summed E-state index contributed by atoms with van der Waals surface area (Å²) in [6.45, 7) is 10.1. The van der Waals surface area contributed by atoms with Crippen LogP contribution in [0.2, 0.25) is 0 Å². The fraction of sp³-hybridized carbons (Fsp3) is 0.786. The largest absolute Gasteiger partial charge is 0.330 e. The fourth-order valence-electron chi connectivity index (χ4n) is 3.80. The normalized spacial score (nSPS) is 23.8. The smallest absolute Gasteiger partial charge is 0.0951 e. The van der Waals surface area contributed by atoms with Crippen LogP contribution in [-0.2, 0) is 6.54 Å². The molecule has 3 heteroatoms. The second-order valence-electron chi connectivity index (χ2n) is 7.06. The molecule has 1 aliphatic carbocycles. The maximum atomic E-state index is 5.78. The summed E-state index contributed by atoms with van der Waals surface area (Å²) in [5, 5.41) is 0. The minimum absolute atomic E-state index is 0.405. The summed E-state index contributed by atoms with van der Waals surface area (Å²) in [5.41, 5.74) is 7.74. The molecule has 2 rings (SSSR count). The van der Waals surface area contributed by atoms with Crippen molar-refractivity contribution in [3.8, 4) is 0 Å². The molecule has 17 heavy (non-hydrogen) atoms. The zero-order chi connectivity index (χ0) is 12.7. The molecular weight excluding hydrogens is 210 g/mol. The van der Waals surface area contributed by atoms with Crippen molar-refractivity contribution in [1.29, 1.82) is 0 Å². The molecule has 1 saturated carbocycles. The van der Waals surface area contributed by atoms with Crippen molar-refractivity contribution in [1.82, 2.24) is 9.55 Å². The standard InChI is InChI=1S/C14H25N3/c1-13(2)5-11(6-14(3,4)9-13)17-10-16-8-12(17)7-15/h8,10-11H,5-7,9,15H2,1-4H3. The molecule has 3 nitrogen and oxygen atoms in total. The Labute approximate surface area is 104 Å². The lowest BCUT2D eigenvalue weighted by Gasteiger charge is -2.45. The van der Waals surface area contributed by atoms with Crippen LogP contribution in [0.4, 0.5) is 0 Å². The van der Waals surface area contributed by atoms with Gasteiger partial charge in [0.15, 0.2) is 0 Å². The van der Waals surface area contributed by atoms with E-state index < -0.39 is 0 Å². The molecule has 96 valence electrons. The Morgan fingerprint density at radius 1 is 1.29 bits per heavy atom. The third-order valence-corrected chi connectivity index (χ3v) is 3.88. The quantitative estimate of drug-likeness (QED) is 0.856. The Hall–Kier alpha value is -0.830. The highest BCUT2D eigenvalue weighted by atomic mass is 15.1. The van der Waals surface area contributed by atoms with Crippen LogP contribution < -0.4 is 5.73 Å². The topological polar surface area (TPSA) is 43.8 Å². The summed E-state index contributed by atoms with van der Waals surface area (Å²) in [6.07, 6.45) is 7.59. The van der Waals surface area contributed by atoms with E-state index in [0.717, 1.165) is 5.69 Å². The van der Waals surface area contributed by atoms with Crippen LogP contribution in [0, 0.1) is 10.8 Å². The average molecular weight is 235 g/mol. The Morgan fingerprint density at radius 3 is 2.41 bits per heavy atom. The summed E-state index contributed by atoms with van der Waals surface area (Å²) in [6, 6.07) is 0.551. The highest BCUT2D eigenvalue weighted by molar-refractivity contribution is 5.02. The first-order valence-corrected chi connectivity index (χ1v) is 6.54. The van der Waals surface area contributed by atoms with Gasteiger partial charge in [-0.1, -0.05) is 27.7 Å². The molecule has 0 atom stereocenters. The molecule has 1 aromatic rings. The van der Waals surface area contributed by atoms with E-state index in [9.17, 15) is 0 Å². The van der Waals surface area contributed by atoms with Crippen LogP contribution in [-0.4, -0.2) is 9.55 Å². The second kappa shape index (κ2) is 4.13. The Bertz CT molecular complexity index is 374. The van der Waals surface area contributed by atoms with Crippen molar-refractivity contribution in [2.75, 3.05) is 0 Å². The monoisotopic (exact) mass is 235 g/mol. The molecule has 0 aliphatic heterocycles. The van der Waals surface area contributed by atoms with Crippen molar-refractivity contribution >= 4 is 0 Å². The minimum atomic E-state index is 0.405. The van der Waals surface area contributed by atoms with Crippen LogP contribution in [0.15, 0.2) is 12.5 Å². The van der Waals surface area contributed by atoms with E-state index in [1.54, 1.807) is 0 Å². The number of imidazole rings is 1. The lowest BCUT2D eigenvalue weighted by molar-refractivity contribution is 0.0713. The Kier molecular flexibility index (Phi) is 3.06. The molecule has 0 radical (unpaired) electrons. The van der Waals surface area contributed by atoms with Gasteiger partial charge in [0, 0.05) is 18.8 Å². The fourth-order valence-corrected chi connectivity index (χ4v) is 3.80. The van der Waals surface area contributed by atoms with Gasteiger partial charge >= 0.3 is 0 Å². The van der Waals surface area contributed by atoms with Gasteiger partial charge in [0.2, 0.25) is 0 Å². The zero-order valence-electron chi connectivity index (χ0n) is 11.5. The van der Waals surface area contributed by atoms with Crippen LogP contribution >= 0.6 is 0 Å². The molecule has 0 spiro atoms. The number of rotatable bonds is 2. The molecule has 2 N–H and O–H groups in total. The maximum absolute atomic E-state index is 5.78. The first kappa shape index (κ1) is 12.6. The molecule has 0 amide bonds. The summed E-state index contributed by atoms with van der Waals surface area (Å²) in [5.74, 6) is 0. The van der Waals surface area contributed by atoms with Crippen LogP contribution in [0.25, 0.3) is 0 Å². The Morgan fingerprint density at radius 2 is 1.88 bits per heavy atom. The van der Waals surface area contributed by atoms with Gasteiger partial charge in [0.1, 0.15) is 0 Å². The molecule has 0 bridgehead atoms. The van der Waals surface area contributed by atoms with E-state index in [1.807, 2.05) is 12.5 Å². The van der Waals surface area contributed by atoms with Gasteiger partial charge in [-0.2, -0.15) is 0 Å². The molecule has 1 fully saturated rings. The lowest BCUT2D eigenvalue weighted by Crippen LogP contribution is -2.35.